The molecular formula is C6H8N4O. The molecule has 2 rings (SSSR count). The molecule has 5 nitrogen and oxygen atoms in total. The van der Waals surface area contributed by atoms with Gasteiger partial charge in [-0.1, -0.05) is 0 Å². The molecule has 5 heteroatoms. The van der Waals surface area contributed by atoms with Gasteiger partial charge in [-0.05, 0) is 12.8 Å². The fraction of sp³-hybridized carbons (Fsp3) is 0.500. The standard InChI is InChI=1S/C6H8N4O/c11-5(4-1-2-4)9-6-7-3-8-10-6/h3-4H,1-2H2,(H2,7,8,9,10,11). The Morgan fingerprint density at radius 2 is 2.55 bits per heavy atom. The van der Waals surface area contributed by atoms with Crippen LogP contribution in [0.1, 0.15) is 12.8 Å². The predicted octanol–water partition coefficient (Wildman–Crippen LogP) is 0.153. The monoisotopic (exact) mass is 152 g/mol. The van der Waals surface area contributed by atoms with E-state index in [0.717, 1.165) is 12.8 Å². The third-order valence-electron chi connectivity index (χ3n) is 1.60. The molecule has 0 aliphatic heterocycles. The van der Waals surface area contributed by atoms with Gasteiger partial charge in [0.05, 0.1) is 0 Å². The lowest BCUT2D eigenvalue weighted by Gasteiger charge is -1.96. The van der Waals surface area contributed by atoms with E-state index >= 15 is 0 Å². The summed E-state index contributed by atoms with van der Waals surface area (Å²) in [4.78, 5) is 14.8. The van der Waals surface area contributed by atoms with E-state index in [2.05, 4.69) is 20.5 Å². The van der Waals surface area contributed by atoms with Gasteiger partial charge in [-0.15, -0.1) is 0 Å². The molecule has 58 valence electrons. The van der Waals surface area contributed by atoms with Crippen molar-refractivity contribution in [1.82, 2.24) is 15.2 Å². The number of aromatic amines is 1. The number of amides is 1. The Hall–Kier alpha value is -1.39. The van der Waals surface area contributed by atoms with Crippen LogP contribution in [0.5, 0.6) is 0 Å². The first-order valence-corrected chi connectivity index (χ1v) is 3.52. The van der Waals surface area contributed by atoms with E-state index in [0.29, 0.717) is 5.95 Å². The molecule has 2 N–H and O–H groups in total. The van der Waals surface area contributed by atoms with Crippen LogP contribution in [0.4, 0.5) is 5.95 Å². The molecule has 1 fully saturated rings. The molecule has 0 unspecified atom stereocenters. The van der Waals surface area contributed by atoms with E-state index in [1.807, 2.05) is 0 Å². The molecular weight excluding hydrogens is 144 g/mol. The normalized spacial score (nSPS) is 16.4. The number of anilines is 1. The molecule has 0 aromatic carbocycles. The fourth-order valence-electron chi connectivity index (χ4n) is 0.830. The first kappa shape index (κ1) is 6.33. The second kappa shape index (κ2) is 2.34. The maximum atomic E-state index is 11.1. The first-order valence-electron chi connectivity index (χ1n) is 3.52. The highest BCUT2D eigenvalue weighted by atomic mass is 16.2. The van der Waals surface area contributed by atoms with E-state index in [1.165, 1.54) is 6.33 Å². The summed E-state index contributed by atoms with van der Waals surface area (Å²) in [7, 11) is 0. The number of carbonyl (C=O) groups excluding carboxylic acids is 1. The Balaban J connectivity index is 1.94. The minimum absolute atomic E-state index is 0.0433. The molecule has 11 heavy (non-hydrogen) atoms. The van der Waals surface area contributed by atoms with Crippen molar-refractivity contribution in [2.24, 2.45) is 5.92 Å². The van der Waals surface area contributed by atoms with Gasteiger partial charge in [0.25, 0.3) is 0 Å². The van der Waals surface area contributed by atoms with Gasteiger partial charge in [-0.25, -0.2) is 5.10 Å². The van der Waals surface area contributed by atoms with Crippen LogP contribution in [0.15, 0.2) is 6.33 Å². The summed E-state index contributed by atoms with van der Waals surface area (Å²) in [5.74, 6) is 0.684. The lowest BCUT2D eigenvalue weighted by atomic mass is 10.4. The zero-order chi connectivity index (χ0) is 7.68. The summed E-state index contributed by atoms with van der Waals surface area (Å²) in [6.07, 6.45) is 3.36. The van der Waals surface area contributed by atoms with Crippen LogP contribution in [0.3, 0.4) is 0 Å². The van der Waals surface area contributed by atoms with Gasteiger partial charge < -0.3 is 0 Å². The van der Waals surface area contributed by atoms with Crippen LogP contribution >= 0.6 is 0 Å². The van der Waals surface area contributed by atoms with Crippen LogP contribution in [0.2, 0.25) is 0 Å². The summed E-state index contributed by atoms with van der Waals surface area (Å²) < 4.78 is 0. The third-order valence-corrected chi connectivity index (χ3v) is 1.60. The minimum Gasteiger partial charge on any atom is -0.295 e. The van der Waals surface area contributed by atoms with Crippen molar-refractivity contribution in [1.29, 1.82) is 0 Å². The predicted molar refractivity (Wildman–Crippen MR) is 37.7 cm³/mol. The number of rotatable bonds is 2. The highest BCUT2D eigenvalue weighted by Crippen LogP contribution is 2.29. The van der Waals surface area contributed by atoms with Crippen LogP contribution < -0.4 is 5.32 Å². The highest BCUT2D eigenvalue weighted by molar-refractivity contribution is 5.92. The van der Waals surface area contributed by atoms with E-state index in [4.69, 9.17) is 0 Å². The number of carbonyl (C=O) groups is 1. The maximum Gasteiger partial charge on any atom is 0.229 e. The van der Waals surface area contributed by atoms with E-state index in [-0.39, 0.29) is 11.8 Å². The Labute approximate surface area is 63.2 Å². The zero-order valence-corrected chi connectivity index (χ0v) is 5.87. The summed E-state index contributed by atoms with van der Waals surface area (Å²) >= 11 is 0. The van der Waals surface area contributed by atoms with Gasteiger partial charge >= 0.3 is 0 Å². The number of nitrogens with zero attached hydrogens (tertiary/aromatic N) is 2. The van der Waals surface area contributed by atoms with Crippen molar-refractivity contribution < 1.29 is 4.79 Å². The van der Waals surface area contributed by atoms with Crippen molar-refractivity contribution in [3.63, 3.8) is 0 Å². The van der Waals surface area contributed by atoms with Crippen LogP contribution in [-0.4, -0.2) is 21.1 Å². The second-order valence-corrected chi connectivity index (χ2v) is 2.60. The lowest BCUT2D eigenvalue weighted by molar-refractivity contribution is -0.117. The largest absolute Gasteiger partial charge is 0.295 e. The van der Waals surface area contributed by atoms with Crippen LogP contribution in [0, 0.1) is 5.92 Å². The molecule has 0 atom stereocenters. The Bertz CT molecular complexity index is 252. The molecule has 1 aromatic heterocycles. The minimum atomic E-state index is 0.0433. The van der Waals surface area contributed by atoms with E-state index in [9.17, 15) is 4.79 Å². The quantitative estimate of drug-likeness (QED) is 0.633. The van der Waals surface area contributed by atoms with Gasteiger partial charge in [0.15, 0.2) is 0 Å². The van der Waals surface area contributed by atoms with Crippen LogP contribution in [-0.2, 0) is 4.79 Å². The molecule has 1 saturated carbocycles. The zero-order valence-electron chi connectivity index (χ0n) is 5.87. The van der Waals surface area contributed by atoms with E-state index < -0.39 is 0 Å². The Morgan fingerprint density at radius 3 is 3.09 bits per heavy atom. The van der Waals surface area contributed by atoms with Crippen molar-refractivity contribution in [2.75, 3.05) is 5.32 Å². The second-order valence-electron chi connectivity index (χ2n) is 2.60. The molecule has 1 aromatic rings. The topological polar surface area (TPSA) is 70.7 Å². The summed E-state index contributed by atoms with van der Waals surface area (Å²) in [5, 5.41) is 8.78. The molecule has 1 aliphatic rings. The van der Waals surface area contributed by atoms with Crippen molar-refractivity contribution in [3.05, 3.63) is 6.33 Å². The lowest BCUT2D eigenvalue weighted by Crippen LogP contribution is -2.14. The van der Waals surface area contributed by atoms with Gasteiger partial charge in [0, 0.05) is 5.92 Å². The van der Waals surface area contributed by atoms with Crippen LogP contribution in [0.25, 0.3) is 0 Å². The molecule has 0 saturated heterocycles. The SMILES string of the molecule is O=C(Nc1ncn[nH]1)C1CC1. The van der Waals surface area contributed by atoms with Crippen molar-refractivity contribution in [2.45, 2.75) is 12.8 Å². The molecule has 1 aliphatic carbocycles. The van der Waals surface area contributed by atoms with Gasteiger partial charge in [0.1, 0.15) is 6.33 Å². The number of nitrogens with one attached hydrogen (secondary N) is 2. The number of hydrogen-bond donors (Lipinski definition) is 2. The maximum absolute atomic E-state index is 11.1. The average Bonchev–Trinajstić information content (AvgIpc) is 2.73. The number of H-pyrrole nitrogens is 1. The van der Waals surface area contributed by atoms with Crippen molar-refractivity contribution >= 4 is 11.9 Å². The van der Waals surface area contributed by atoms with Crippen molar-refractivity contribution in [3.8, 4) is 0 Å². The first-order chi connectivity index (χ1) is 5.36. The van der Waals surface area contributed by atoms with E-state index in [1.54, 1.807) is 0 Å². The third kappa shape index (κ3) is 1.36. The molecule has 1 amide bonds. The Morgan fingerprint density at radius 1 is 1.73 bits per heavy atom. The van der Waals surface area contributed by atoms with Gasteiger partial charge in [0.2, 0.25) is 11.9 Å². The molecule has 0 bridgehead atoms. The Kier molecular flexibility index (Phi) is 1.34. The summed E-state index contributed by atoms with van der Waals surface area (Å²) in [6, 6.07) is 0. The molecule has 0 radical (unpaired) electrons. The molecule has 1 heterocycles. The van der Waals surface area contributed by atoms with Gasteiger partial charge in [-0.3, -0.25) is 10.1 Å². The molecule has 0 spiro atoms. The average molecular weight is 152 g/mol. The fourth-order valence-corrected chi connectivity index (χ4v) is 0.830. The summed E-state index contributed by atoms with van der Waals surface area (Å²) in [6.45, 7) is 0. The van der Waals surface area contributed by atoms with Gasteiger partial charge in [-0.2, -0.15) is 10.1 Å². The number of hydrogen-bond acceptors (Lipinski definition) is 3. The highest BCUT2D eigenvalue weighted by Gasteiger charge is 2.29. The smallest absolute Gasteiger partial charge is 0.229 e. The number of aromatic nitrogens is 3. The summed E-state index contributed by atoms with van der Waals surface area (Å²) in [5.41, 5.74) is 0.